The van der Waals surface area contributed by atoms with Crippen LogP contribution in [-0.2, 0) is 9.53 Å². The molecule has 1 amide bonds. The van der Waals surface area contributed by atoms with Gasteiger partial charge in [-0.3, -0.25) is 4.79 Å². The van der Waals surface area contributed by atoms with Gasteiger partial charge in [0, 0.05) is 38.2 Å². The number of anilines is 2. The summed E-state index contributed by atoms with van der Waals surface area (Å²) >= 11 is 0. The predicted octanol–water partition coefficient (Wildman–Crippen LogP) is 2.71. The van der Waals surface area contributed by atoms with Crippen LogP contribution in [0.1, 0.15) is 42.9 Å². The van der Waals surface area contributed by atoms with E-state index in [2.05, 4.69) is 21.7 Å². The molecule has 2 saturated carbocycles. The Labute approximate surface area is 188 Å². The number of piperazine rings is 1. The molecule has 2 aliphatic carbocycles. The van der Waals surface area contributed by atoms with E-state index in [1.165, 1.54) is 12.8 Å². The smallest absolute Gasteiger partial charge is 0.248 e. The molecule has 2 aromatic heterocycles. The van der Waals surface area contributed by atoms with Gasteiger partial charge in [-0.25, -0.2) is 4.98 Å². The maximum Gasteiger partial charge on any atom is 0.248 e. The van der Waals surface area contributed by atoms with Gasteiger partial charge < -0.3 is 20.3 Å². The van der Waals surface area contributed by atoms with Crippen LogP contribution in [0.4, 0.5) is 11.5 Å². The molecule has 3 heterocycles. The number of rotatable bonds is 7. The van der Waals surface area contributed by atoms with Crippen molar-refractivity contribution in [3.8, 4) is 11.3 Å². The van der Waals surface area contributed by atoms with Crippen molar-refractivity contribution in [1.82, 2.24) is 20.1 Å². The maximum atomic E-state index is 12.6. The lowest BCUT2D eigenvalue weighted by atomic mass is 10.0. The van der Waals surface area contributed by atoms with Crippen molar-refractivity contribution in [2.24, 2.45) is 5.92 Å². The summed E-state index contributed by atoms with van der Waals surface area (Å²) in [5.74, 6) is 1.88. The molecular formula is C24H30N6O2. The number of nitrogens with two attached hydrogens (primary N) is 1. The summed E-state index contributed by atoms with van der Waals surface area (Å²) in [5.41, 5.74) is 10.9. The Morgan fingerprint density at radius 2 is 2.09 bits per heavy atom. The highest BCUT2D eigenvalue weighted by Crippen LogP contribution is 2.45. The van der Waals surface area contributed by atoms with E-state index in [1.807, 2.05) is 17.0 Å². The lowest BCUT2D eigenvalue weighted by molar-refractivity contribution is -0.138. The van der Waals surface area contributed by atoms with Crippen molar-refractivity contribution < 1.29 is 9.53 Å². The second-order valence-electron chi connectivity index (χ2n) is 9.06. The van der Waals surface area contributed by atoms with Crippen LogP contribution in [0.5, 0.6) is 0 Å². The van der Waals surface area contributed by atoms with Crippen LogP contribution in [0.3, 0.4) is 0 Å². The van der Waals surface area contributed by atoms with E-state index >= 15 is 0 Å². The van der Waals surface area contributed by atoms with Crippen LogP contribution in [-0.4, -0.2) is 65.4 Å². The number of carbonyl (C=O) groups is 1. The first-order chi connectivity index (χ1) is 15.6. The average Bonchev–Trinajstić information content (AvgIpc) is 3.72. The van der Waals surface area contributed by atoms with Gasteiger partial charge in [0.05, 0.1) is 29.3 Å². The fraction of sp³-hybridized carbons (Fsp3) is 0.500. The van der Waals surface area contributed by atoms with E-state index in [0.717, 1.165) is 47.7 Å². The molecule has 0 unspecified atom stereocenters. The monoisotopic (exact) mass is 434 g/mol. The minimum absolute atomic E-state index is 0.0691. The number of pyridine rings is 1. The molecule has 0 aromatic carbocycles. The van der Waals surface area contributed by atoms with E-state index in [1.54, 1.807) is 19.4 Å². The van der Waals surface area contributed by atoms with Crippen LogP contribution in [0.2, 0.25) is 0 Å². The van der Waals surface area contributed by atoms with Crippen LogP contribution < -0.4 is 10.6 Å². The molecule has 0 radical (unpaired) electrons. The van der Waals surface area contributed by atoms with Crippen molar-refractivity contribution in [2.45, 2.75) is 37.6 Å². The van der Waals surface area contributed by atoms with Gasteiger partial charge in [0.25, 0.3) is 0 Å². The van der Waals surface area contributed by atoms with E-state index in [4.69, 9.17) is 15.5 Å². The molecule has 32 heavy (non-hydrogen) atoms. The van der Waals surface area contributed by atoms with Gasteiger partial charge in [-0.2, -0.15) is 10.2 Å². The Bertz CT molecular complexity index is 1030. The summed E-state index contributed by atoms with van der Waals surface area (Å²) in [4.78, 5) is 21.9. The zero-order valence-corrected chi connectivity index (χ0v) is 18.5. The van der Waals surface area contributed by atoms with Crippen molar-refractivity contribution in [1.29, 1.82) is 0 Å². The number of aromatic nitrogens is 3. The minimum atomic E-state index is 0.0691. The van der Waals surface area contributed by atoms with E-state index < -0.39 is 0 Å². The van der Waals surface area contributed by atoms with Gasteiger partial charge in [0.1, 0.15) is 6.61 Å². The first-order valence-electron chi connectivity index (χ1n) is 11.4. The molecule has 2 N–H and O–H groups in total. The zero-order chi connectivity index (χ0) is 22.2. The maximum absolute atomic E-state index is 12.6. The number of carbonyl (C=O) groups excluding carboxylic acids is 1. The molecule has 1 saturated heterocycles. The van der Waals surface area contributed by atoms with Crippen molar-refractivity contribution in [3.63, 3.8) is 0 Å². The van der Waals surface area contributed by atoms with Crippen molar-refractivity contribution >= 4 is 23.5 Å². The second kappa shape index (κ2) is 8.50. The van der Waals surface area contributed by atoms with Gasteiger partial charge >= 0.3 is 0 Å². The predicted molar refractivity (Wildman–Crippen MR) is 124 cm³/mol. The van der Waals surface area contributed by atoms with Gasteiger partial charge in [-0.1, -0.05) is 12.7 Å². The molecule has 0 spiro atoms. The molecular weight excluding hydrogens is 404 g/mol. The Balaban J connectivity index is 1.46. The average molecular weight is 435 g/mol. The number of hydrogen-bond acceptors (Lipinski definition) is 7. The highest BCUT2D eigenvalue weighted by atomic mass is 16.5. The van der Waals surface area contributed by atoms with Crippen molar-refractivity contribution in [3.05, 3.63) is 36.2 Å². The highest BCUT2D eigenvalue weighted by molar-refractivity contribution is 5.79. The topological polar surface area (TPSA) is 97.5 Å². The first-order valence-corrected chi connectivity index (χ1v) is 11.4. The summed E-state index contributed by atoms with van der Waals surface area (Å²) in [7, 11) is 1.57. The van der Waals surface area contributed by atoms with E-state index in [9.17, 15) is 4.79 Å². The minimum Gasteiger partial charge on any atom is -0.396 e. The van der Waals surface area contributed by atoms with Crippen LogP contribution in [0, 0.1) is 5.92 Å². The molecule has 8 heteroatoms. The summed E-state index contributed by atoms with van der Waals surface area (Å²) in [6.45, 7) is 6.10. The largest absolute Gasteiger partial charge is 0.396 e. The normalized spacial score (nSPS) is 21.0. The molecule has 3 fully saturated rings. The van der Waals surface area contributed by atoms with E-state index in [0.29, 0.717) is 30.6 Å². The molecule has 0 bridgehead atoms. The summed E-state index contributed by atoms with van der Waals surface area (Å²) in [5, 5.41) is 8.46. The second-order valence-corrected chi connectivity index (χ2v) is 9.06. The van der Waals surface area contributed by atoms with Crippen LogP contribution >= 0.6 is 0 Å². The lowest BCUT2D eigenvalue weighted by Crippen LogP contribution is -2.57. The quantitative estimate of drug-likeness (QED) is 0.715. The Morgan fingerprint density at radius 1 is 1.28 bits per heavy atom. The molecule has 2 aromatic rings. The Morgan fingerprint density at radius 3 is 2.78 bits per heavy atom. The molecule has 168 valence electrons. The standard InChI is InChI=1S/C24H30N6O2/c1-3-15-10-20(28-26-12-15)18-11-19(25)24(27-23(18)17-6-7-17)29-8-9-30(22(31)14-32-2)21(13-29)16-4-5-16/h3,10-12,16-17,21H,1,4-9,13-14,25H2,2H3/t21-/m0/s1. The molecule has 1 atom stereocenters. The molecule has 8 nitrogen and oxygen atoms in total. The Kier molecular flexibility index (Phi) is 5.55. The van der Waals surface area contributed by atoms with E-state index in [-0.39, 0.29) is 18.6 Å². The lowest BCUT2D eigenvalue weighted by Gasteiger charge is -2.42. The number of ether oxygens (including phenoxy) is 1. The van der Waals surface area contributed by atoms with Gasteiger partial charge in [0.15, 0.2) is 5.82 Å². The molecule has 1 aliphatic heterocycles. The third-order valence-corrected chi connectivity index (χ3v) is 6.68. The molecule has 3 aliphatic rings. The van der Waals surface area contributed by atoms with Crippen LogP contribution in [0.15, 0.2) is 24.9 Å². The summed E-state index contributed by atoms with van der Waals surface area (Å²) in [6.07, 6.45) is 8.05. The third kappa shape index (κ3) is 4.07. The van der Waals surface area contributed by atoms with Gasteiger partial charge in [-0.05, 0) is 49.3 Å². The fourth-order valence-corrected chi connectivity index (χ4v) is 4.69. The van der Waals surface area contributed by atoms with Gasteiger partial charge in [0.2, 0.25) is 5.91 Å². The highest BCUT2D eigenvalue weighted by Gasteiger charge is 2.41. The molecule has 5 rings (SSSR count). The number of nitrogen functional groups attached to an aromatic ring is 1. The van der Waals surface area contributed by atoms with Crippen molar-refractivity contribution in [2.75, 3.05) is 44.0 Å². The SMILES string of the molecule is C=Cc1cnnc(-c2cc(N)c(N3CCN(C(=O)COC)[C@H](C4CC4)C3)nc2C2CC2)c1. The van der Waals surface area contributed by atoms with Gasteiger partial charge in [-0.15, -0.1) is 0 Å². The number of amides is 1. The zero-order valence-electron chi connectivity index (χ0n) is 18.5. The third-order valence-electron chi connectivity index (χ3n) is 6.68. The summed E-state index contributed by atoms with van der Waals surface area (Å²) < 4.78 is 5.10. The Hall–Kier alpha value is -3.00. The summed E-state index contributed by atoms with van der Waals surface area (Å²) in [6, 6.07) is 4.17. The fourth-order valence-electron chi connectivity index (χ4n) is 4.69. The number of hydrogen-bond donors (Lipinski definition) is 1. The number of nitrogens with zero attached hydrogens (tertiary/aromatic N) is 5. The van der Waals surface area contributed by atoms with Crippen LogP contribution in [0.25, 0.3) is 17.3 Å². The first kappa shape index (κ1) is 20.9. The number of methoxy groups -OCH3 is 1.